The Balaban J connectivity index is 1.42. The zero-order valence-electron chi connectivity index (χ0n) is 20.7. The topological polar surface area (TPSA) is 59.0 Å². The van der Waals surface area contributed by atoms with Crippen LogP contribution in [0.1, 0.15) is 74.0 Å². The van der Waals surface area contributed by atoms with Crippen LogP contribution in [0.3, 0.4) is 0 Å². The predicted molar refractivity (Wildman–Crippen MR) is 137 cm³/mol. The molecule has 5 nitrogen and oxygen atoms in total. The first kappa shape index (κ1) is 24.1. The molecule has 1 fully saturated rings. The number of ether oxygens (including phenoxy) is 2. The van der Waals surface area contributed by atoms with Gasteiger partial charge in [0.25, 0.3) is 5.91 Å². The number of aliphatic hydroxyl groups is 1. The van der Waals surface area contributed by atoms with Gasteiger partial charge in [0, 0.05) is 32.0 Å². The van der Waals surface area contributed by atoms with Crippen LogP contribution in [0, 0.1) is 0 Å². The molecule has 2 aromatic carbocycles. The minimum atomic E-state index is -0.470. The molecule has 0 aromatic heterocycles. The lowest BCUT2D eigenvalue weighted by Crippen LogP contribution is -2.41. The fraction of sp³-hybridized carbons (Fsp3) is 0.500. The molecule has 2 atom stereocenters. The van der Waals surface area contributed by atoms with Crippen molar-refractivity contribution in [2.24, 2.45) is 0 Å². The molecule has 1 aliphatic heterocycles. The normalized spacial score (nSPS) is 21.6. The van der Waals surface area contributed by atoms with Gasteiger partial charge in [-0.05, 0) is 66.0 Å². The van der Waals surface area contributed by atoms with E-state index in [-0.39, 0.29) is 24.5 Å². The maximum Gasteiger partial charge on any atom is 0.288 e. The van der Waals surface area contributed by atoms with Gasteiger partial charge < -0.3 is 19.5 Å². The highest BCUT2D eigenvalue weighted by molar-refractivity contribution is 5.92. The average Bonchev–Trinajstić information content (AvgIpc) is 3.29. The summed E-state index contributed by atoms with van der Waals surface area (Å²) in [4.78, 5) is 15.4. The van der Waals surface area contributed by atoms with Gasteiger partial charge in [-0.15, -0.1) is 0 Å². The van der Waals surface area contributed by atoms with Gasteiger partial charge in [-0.25, -0.2) is 0 Å². The molecule has 2 aromatic rings. The Morgan fingerprint density at radius 2 is 1.86 bits per heavy atom. The number of likely N-dealkylation sites (N-methyl/N-ethyl adjacent to an activating group) is 1. The first-order valence-electron chi connectivity index (χ1n) is 13.2. The minimum Gasteiger partial charge on any atom is -0.459 e. The fourth-order valence-electron chi connectivity index (χ4n) is 5.89. The molecule has 0 saturated heterocycles. The van der Waals surface area contributed by atoms with E-state index < -0.39 is 6.29 Å². The second-order valence-corrected chi connectivity index (χ2v) is 10.1. The van der Waals surface area contributed by atoms with E-state index in [0.717, 1.165) is 25.7 Å². The van der Waals surface area contributed by atoms with Gasteiger partial charge in [0.15, 0.2) is 5.76 Å². The number of hydrogen-bond donors (Lipinski definition) is 1. The number of nitrogens with zero attached hydrogens (tertiary/aromatic N) is 1. The molecule has 1 N–H and O–H groups in total. The maximum atomic E-state index is 13.6. The largest absolute Gasteiger partial charge is 0.459 e. The van der Waals surface area contributed by atoms with Crippen LogP contribution >= 0.6 is 0 Å². The number of rotatable bonds is 8. The molecule has 0 bridgehead atoms. The Morgan fingerprint density at radius 3 is 2.69 bits per heavy atom. The van der Waals surface area contributed by atoms with E-state index in [1.165, 1.54) is 47.1 Å². The third kappa shape index (κ3) is 5.17. The van der Waals surface area contributed by atoms with E-state index in [0.29, 0.717) is 25.2 Å². The summed E-state index contributed by atoms with van der Waals surface area (Å²) in [5.41, 5.74) is 6.58. The molecule has 2 aliphatic carbocycles. The maximum absolute atomic E-state index is 13.6. The SMILES string of the molecule is CN(C(=O)C1=C[C@@H](c2cccc3c2Cc2ccccc2-3)C[C@@H](OCCCCO)O1)C1CCCCC1. The lowest BCUT2D eigenvalue weighted by atomic mass is 9.87. The van der Waals surface area contributed by atoms with Crippen molar-refractivity contribution in [1.29, 1.82) is 0 Å². The second kappa shape index (κ2) is 11.0. The third-order valence-corrected chi connectivity index (χ3v) is 7.85. The van der Waals surface area contributed by atoms with Crippen molar-refractivity contribution in [3.63, 3.8) is 0 Å². The van der Waals surface area contributed by atoms with Crippen LogP contribution in [0.25, 0.3) is 11.1 Å². The molecule has 0 unspecified atom stereocenters. The molecule has 0 radical (unpaired) electrons. The molecule has 5 heteroatoms. The Bertz CT molecular complexity index is 1070. The van der Waals surface area contributed by atoms with Crippen LogP contribution in [0.2, 0.25) is 0 Å². The molecule has 186 valence electrons. The highest BCUT2D eigenvalue weighted by Crippen LogP contribution is 2.43. The molecule has 1 amide bonds. The molecule has 1 heterocycles. The molecular weight excluding hydrogens is 438 g/mol. The zero-order chi connectivity index (χ0) is 24.2. The smallest absolute Gasteiger partial charge is 0.288 e. The monoisotopic (exact) mass is 475 g/mol. The minimum absolute atomic E-state index is 0.0404. The van der Waals surface area contributed by atoms with Gasteiger partial charge in [-0.1, -0.05) is 61.7 Å². The number of carbonyl (C=O) groups excluding carboxylic acids is 1. The van der Waals surface area contributed by atoms with Crippen molar-refractivity contribution in [1.82, 2.24) is 4.90 Å². The molecule has 3 aliphatic rings. The fourth-order valence-corrected chi connectivity index (χ4v) is 5.89. The number of amides is 1. The van der Waals surface area contributed by atoms with Gasteiger partial charge in [0.2, 0.25) is 6.29 Å². The van der Waals surface area contributed by atoms with Crippen molar-refractivity contribution < 1.29 is 19.4 Å². The molecule has 5 rings (SSSR count). The van der Waals surface area contributed by atoms with Crippen LogP contribution in [0.5, 0.6) is 0 Å². The van der Waals surface area contributed by atoms with E-state index in [1.807, 2.05) is 18.0 Å². The Hall–Kier alpha value is -2.63. The first-order valence-corrected chi connectivity index (χ1v) is 13.2. The van der Waals surface area contributed by atoms with E-state index in [9.17, 15) is 4.79 Å². The van der Waals surface area contributed by atoms with Crippen LogP contribution in [-0.2, 0) is 20.7 Å². The summed E-state index contributed by atoms with van der Waals surface area (Å²) in [7, 11) is 1.92. The highest BCUT2D eigenvalue weighted by Gasteiger charge is 2.34. The van der Waals surface area contributed by atoms with E-state index in [4.69, 9.17) is 14.6 Å². The van der Waals surface area contributed by atoms with Crippen LogP contribution < -0.4 is 0 Å². The van der Waals surface area contributed by atoms with Crippen LogP contribution in [0.4, 0.5) is 0 Å². The van der Waals surface area contributed by atoms with E-state index in [2.05, 4.69) is 42.5 Å². The number of unbranched alkanes of at least 4 members (excludes halogenated alkanes) is 1. The van der Waals surface area contributed by atoms with Crippen LogP contribution in [-0.4, -0.2) is 48.5 Å². The standard InChI is InChI=1S/C30H37NO4/c1-31(23-11-3-2-4-12-23)30(33)28-19-22(20-29(35-28)34-17-8-7-16-32)25-14-9-15-26-24-13-6-5-10-21(24)18-27(25)26/h5-6,9-10,13-15,19,22-23,29,32H,2-4,7-8,11-12,16-18,20H2,1H3/t22-,29+/m1/s1. The Morgan fingerprint density at radius 1 is 1.06 bits per heavy atom. The van der Waals surface area contributed by atoms with Gasteiger partial charge in [-0.2, -0.15) is 0 Å². The van der Waals surface area contributed by atoms with Crippen molar-refractivity contribution in [3.8, 4) is 11.1 Å². The van der Waals surface area contributed by atoms with Crippen molar-refractivity contribution in [2.75, 3.05) is 20.3 Å². The zero-order valence-corrected chi connectivity index (χ0v) is 20.7. The lowest BCUT2D eigenvalue weighted by Gasteiger charge is -2.35. The Labute approximate surface area is 208 Å². The number of aliphatic hydroxyl groups excluding tert-OH is 1. The van der Waals surface area contributed by atoms with Crippen molar-refractivity contribution in [3.05, 3.63) is 71.0 Å². The molecule has 0 spiro atoms. The average molecular weight is 476 g/mol. The summed E-state index contributed by atoms with van der Waals surface area (Å²) in [5.74, 6) is 0.422. The third-order valence-electron chi connectivity index (χ3n) is 7.85. The summed E-state index contributed by atoms with van der Waals surface area (Å²) < 4.78 is 12.2. The highest BCUT2D eigenvalue weighted by atomic mass is 16.7. The summed E-state index contributed by atoms with van der Waals surface area (Å²) in [6, 6.07) is 15.4. The van der Waals surface area contributed by atoms with Crippen molar-refractivity contribution in [2.45, 2.75) is 76.0 Å². The lowest BCUT2D eigenvalue weighted by molar-refractivity contribution is -0.153. The van der Waals surface area contributed by atoms with E-state index in [1.54, 1.807) is 0 Å². The number of benzene rings is 2. The Kier molecular flexibility index (Phi) is 7.54. The summed E-state index contributed by atoms with van der Waals surface area (Å²) in [6.07, 6.45) is 10.4. The second-order valence-electron chi connectivity index (χ2n) is 10.1. The first-order chi connectivity index (χ1) is 17.2. The summed E-state index contributed by atoms with van der Waals surface area (Å²) in [6.45, 7) is 0.667. The van der Waals surface area contributed by atoms with Gasteiger partial charge >= 0.3 is 0 Å². The van der Waals surface area contributed by atoms with Gasteiger partial charge in [0.05, 0.1) is 6.61 Å². The number of fused-ring (bicyclic) bond motifs is 3. The summed E-state index contributed by atoms with van der Waals surface area (Å²) >= 11 is 0. The predicted octanol–water partition coefficient (Wildman–Crippen LogP) is 5.55. The molecule has 1 saturated carbocycles. The van der Waals surface area contributed by atoms with Crippen LogP contribution in [0.15, 0.2) is 54.3 Å². The van der Waals surface area contributed by atoms with E-state index >= 15 is 0 Å². The van der Waals surface area contributed by atoms with Gasteiger partial charge in [0.1, 0.15) is 0 Å². The number of allylic oxidation sites excluding steroid dienone is 1. The summed E-state index contributed by atoms with van der Waals surface area (Å²) in [5, 5.41) is 9.11. The number of hydrogen-bond acceptors (Lipinski definition) is 4. The molecule has 35 heavy (non-hydrogen) atoms. The quantitative estimate of drug-likeness (QED) is 0.434. The number of carbonyl (C=O) groups is 1. The van der Waals surface area contributed by atoms with Crippen molar-refractivity contribution >= 4 is 5.91 Å². The molecular formula is C30H37NO4. The van der Waals surface area contributed by atoms with Gasteiger partial charge in [-0.3, -0.25) is 4.79 Å².